The highest BCUT2D eigenvalue weighted by Crippen LogP contribution is 2.37. The third kappa shape index (κ3) is 5.68. The van der Waals surface area contributed by atoms with Crippen LogP contribution < -0.4 is 21.6 Å². The summed E-state index contributed by atoms with van der Waals surface area (Å²) in [6.07, 6.45) is 1.21. The van der Waals surface area contributed by atoms with E-state index in [-0.39, 0.29) is 22.0 Å². The monoisotopic (exact) mass is 572 g/mol. The van der Waals surface area contributed by atoms with Crippen molar-refractivity contribution in [3.05, 3.63) is 100 Å². The van der Waals surface area contributed by atoms with Crippen molar-refractivity contribution in [2.45, 2.75) is 12.5 Å². The number of hydrogen-bond acceptors (Lipinski definition) is 8. The number of nitrogens with one attached hydrogen (secondary N) is 4. The van der Waals surface area contributed by atoms with Crippen molar-refractivity contribution in [2.24, 2.45) is 0 Å². The Labute approximate surface area is 229 Å². The van der Waals surface area contributed by atoms with Crippen LogP contribution >= 0.6 is 11.6 Å². The number of anilines is 3. The maximum atomic E-state index is 13.8. The van der Waals surface area contributed by atoms with Crippen molar-refractivity contribution in [1.82, 2.24) is 25.9 Å². The van der Waals surface area contributed by atoms with Crippen LogP contribution in [0, 0.1) is 28.9 Å². The van der Waals surface area contributed by atoms with E-state index in [0.717, 1.165) is 12.3 Å². The molecule has 1 unspecified atom stereocenters. The lowest BCUT2D eigenvalue weighted by Gasteiger charge is -2.22. The lowest BCUT2D eigenvalue weighted by atomic mass is 10.0. The first-order valence-corrected chi connectivity index (χ1v) is 12.0. The van der Waals surface area contributed by atoms with E-state index in [9.17, 15) is 27.2 Å². The fraction of sp³-hybridized carbons (Fsp3) is 0.115. The van der Waals surface area contributed by atoms with Gasteiger partial charge in [-0.1, -0.05) is 23.7 Å². The molecule has 0 fully saturated rings. The lowest BCUT2D eigenvalue weighted by Crippen LogP contribution is -2.39. The van der Waals surface area contributed by atoms with Crippen molar-refractivity contribution in [1.29, 1.82) is 5.26 Å². The normalized spacial score (nSPS) is 13.7. The van der Waals surface area contributed by atoms with E-state index < -0.39 is 36.6 Å². The third-order valence-corrected chi connectivity index (χ3v) is 6.20. The summed E-state index contributed by atoms with van der Waals surface area (Å²) in [4.78, 5) is 7.62. The molecule has 0 spiro atoms. The van der Waals surface area contributed by atoms with Crippen LogP contribution in [-0.4, -0.2) is 27.9 Å². The van der Waals surface area contributed by atoms with E-state index in [1.54, 1.807) is 12.1 Å². The highest BCUT2D eigenvalue weighted by molar-refractivity contribution is 6.36. The molecule has 0 amide bonds. The van der Waals surface area contributed by atoms with E-state index in [2.05, 4.69) is 31.6 Å². The number of pyridine rings is 2. The summed E-state index contributed by atoms with van der Waals surface area (Å²) in [6.45, 7) is -0.578. The Kier molecular flexibility index (Phi) is 7.54. The molecule has 0 saturated carbocycles. The molecule has 1 aliphatic heterocycles. The molecule has 1 aliphatic rings. The van der Waals surface area contributed by atoms with Crippen molar-refractivity contribution in [2.75, 3.05) is 17.2 Å². The van der Waals surface area contributed by atoms with E-state index in [1.807, 2.05) is 6.07 Å². The molecular formula is C26H18ClF5N8. The van der Waals surface area contributed by atoms with Crippen molar-refractivity contribution < 1.29 is 22.0 Å². The van der Waals surface area contributed by atoms with Crippen LogP contribution in [0.4, 0.5) is 39.0 Å². The summed E-state index contributed by atoms with van der Waals surface area (Å²) in [5, 5.41) is 17.6. The fourth-order valence-electron chi connectivity index (χ4n) is 4.12. The Morgan fingerprint density at radius 1 is 1.02 bits per heavy atom. The van der Waals surface area contributed by atoms with E-state index >= 15 is 0 Å². The molecule has 0 saturated heterocycles. The van der Waals surface area contributed by atoms with Gasteiger partial charge in [0.1, 0.15) is 11.9 Å². The number of nitriles is 1. The van der Waals surface area contributed by atoms with Crippen LogP contribution in [0.5, 0.6) is 0 Å². The SMILES string of the molecule is N#Cc1cnc2c(Cl)cc(NC(C3=CN(CC(F)F)NN3)c3ccc(F)cc3)cc2c1Nc1cnc(F)c(F)c1. The molecule has 0 radical (unpaired) electrons. The van der Waals surface area contributed by atoms with Gasteiger partial charge in [-0.3, -0.25) is 9.99 Å². The molecule has 0 aliphatic carbocycles. The number of alkyl halides is 2. The molecule has 4 aromatic rings. The smallest absolute Gasteiger partial charge is 0.257 e. The molecule has 2 aromatic heterocycles. The summed E-state index contributed by atoms with van der Waals surface area (Å²) in [5.41, 5.74) is 7.63. The zero-order valence-electron chi connectivity index (χ0n) is 20.2. The van der Waals surface area contributed by atoms with Gasteiger partial charge >= 0.3 is 0 Å². The molecule has 8 nitrogen and oxygen atoms in total. The average molecular weight is 573 g/mol. The minimum atomic E-state index is -2.60. The number of benzene rings is 2. The van der Waals surface area contributed by atoms with Crippen LogP contribution in [0.15, 0.2) is 66.8 Å². The molecule has 14 heteroatoms. The summed E-state index contributed by atoms with van der Waals surface area (Å²) in [6, 6.07) is 11.0. The first kappa shape index (κ1) is 26.9. The summed E-state index contributed by atoms with van der Waals surface area (Å²) in [7, 11) is 0. The molecule has 3 heterocycles. The second-order valence-corrected chi connectivity index (χ2v) is 9.04. The van der Waals surface area contributed by atoms with Gasteiger partial charge in [-0.2, -0.15) is 9.65 Å². The quantitative estimate of drug-likeness (QED) is 0.153. The Bertz CT molecular complexity index is 1640. The zero-order valence-corrected chi connectivity index (χ0v) is 20.9. The molecule has 204 valence electrons. The number of rotatable bonds is 8. The molecule has 5 rings (SSSR count). The van der Waals surface area contributed by atoms with Gasteiger partial charge in [0.15, 0.2) is 5.82 Å². The Balaban J connectivity index is 1.57. The maximum Gasteiger partial charge on any atom is 0.257 e. The summed E-state index contributed by atoms with van der Waals surface area (Å²) < 4.78 is 66.7. The molecule has 0 bridgehead atoms. The average Bonchev–Trinajstić information content (AvgIpc) is 3.37. The second kappa shape index (κ2) is 11.2. The first-order chi connectivity index (χ1) is 19.2. The minimum absolute atomic E-state index is 0.0760. The molecule has 1 atom stereocenters. The Hall–Kier alpha value is -4.67. The topological polar surface area (TPSA) is 101 Å². The van der Waals surface area contributed by atoms with Gasteiger partial charge in [0.2, 0.25) is 5.95 Å². The highest BCUT2D eigenvalue weighted by atomic mass is 35.5. The Morgan fingerprint density at radius 2 is 1.80 bits per heavy atom. The number of hydrogen-bond donors (Lipinski definition) is 4. The van der Waals surface area contributed by atoms with Crippen LogP contribution in [0.25, 0.3) is 10.9 Å². The van der Waals surface area contributed by atoms with Crippen LogP contribution in [0.1, 0.15) is 17.2 Å². The number of fused-ring (bicyclic) bond motifs is 1. The number of nitrogens with zero attached hydrogens (tertiary/aromatic N) is 4. The highest BCUT2D eigenvalue weighted by Gasteiger charge is 2.24. The van der Waals surface area contributed by atoms with Gasteiger partial charge in [0.05, 0.1) is 52.0 Å². The van der Waals surface area contributed by atoms with Crippen LogP contribution in [0.3, 0.4) is 0 Å². The predicted octanol–water partition coefficient (Wildman–Crippen LogP) is 5.90. The largest absolute Gasteiger partial charge is 0.373 e. The summed E-state index contributed by atoms with van der Waals surface area (Å²) in [5.74, 6) is -2.92. The fourth-order valence-corrected chi connectivity index (χ4v) is 4.39. The second-order valence-electron chi connectivity index (χ2n) is 8.63. The Morgan fingerprint density at radius 3 is 2.50 bits per heavy atom. The van der Waals surface area contributed by atoms with Gasteiger partial charge in [-0.25, -0.2) is 22.5 Å². The molecule has 40 heavy (non-hydrogen) atoms. The van der Waals surface area contributed by atoms with Gasteiger partial charge in [0.25, 0.3) is 6.43 Å². The zero-order chi connectivity index (χ0) is 28.4. The summed E-state index contributed by atoms with van der Waals surface area (Å²) >= 11 is 6.55. The van der Waals surface area contributed by atoms with Crippen LogP contribution in [0.2, 0.25) is 5.02 Å². The third-order valence-electron chi connectivity index (χ3n) is 5.91. The van der Waals surface area contributed by atoms with E-state index in [1.165, 1.54) is 41.7 Å². The van der Waals surface area contributed by atoms with Crippen LogP contribution in [-0.2, 0) is 0 Å². The molecule has 2 aromatic carbocycles. The number of hydrazine groups is 2. The van der Waals surface area contributed by atoms with Crippen molar-refractivity contribution in [3.8, 4) is 6.07 Å². The predicted molar refractivity (Wildman–Crippen MR) is 139 cm³/mol. The first-order valence-electron chi connectivity index (χ1n) is 11.6. The van der Waals surface area contributed by atoms with Gasteiger partial charge < -0.3 is 16.1 Å². The van der Waals surface area contributed by atoms with Gasteiger partial charge in [-0.15, -0.1) is 5.53 Å². The van der Waals surface area contributed by atoms with Crippen molar-refractivity contribution in [3.63, 3.8) is 0 Å². The molecule has 4 N–H and O–H groups in total. The minimum Gasteiger partial charge on any atom is -0.373 e. The van der Waals surface area contributed by atoms with E-state index in [0.29, 0.717) is 27.9 Å². The van der Waals surface area contributed by atoms with Gasteiger partial charge in [-0.05, 0) is 29.8 Å². The number of halogens is 6. The standard InChI is InChI=1S/C26H18ClF5N8/c27-19-6-16(36-24(13-1-3-15(28)4-2-13)21-11-40(39-38-21)12-22(30)31)5-18-23(14(8-33)9-34-25(18)19)37-17-7-20(29)26(32)35-10-17/h1-7,9-11,22,24,36,38-39H,12H2,(H,34,37). The lowest BCUT2D eigenvalue weighted by molar-refractivity contribution is 0.0889. The number of aromatic nitrogens is 2. The van der Waals surface area contributed by atoms with Gasteiger partial charge in [0, 0.05) is 29.5 Å². The maximum absolute atomic E-state index is 13.8. The van der Waals surface area contributed by atoms with Crippen molar-refractivity contribution >= 4 is 39.6 Å². The molecular weight excluding hydrogens is 555 g/mol. The van der Waals surface area contributed by atoms with E-state index in [4.69, 9.17) is 11.6 Å².